The van der Waals surface area contributed by atoms with Crippen molar-refractivity contribution in [2.24, 2.45) is 16.5 Å². The summed E-state index contributed by atoms with van der Waals surface area (Å²) in [4.78, 5) is 40.8. The van der Waals surface area contributed by atoms with Crippen LogP contribution in [0.4, 0.5) is 5.69 Å². The number of hydrogen-bond acceptors (Lipinski definition) is 6. The smallest absolute Gasteiger partial charge is 0.284 e. The molecule has 0 unspecified atom stereocenters. The molecule has 2 aromatic carbocycles. The number of aliphatic imine (C=N–C) groups is 1. The summed E-state index contributed by atoms with van der Waals surface area (Å²) in [5, 5.41) is 17.9. The second kappa shape index (κ2) is 11.8. The van der Waals surface area contributed by atoms with Gasteiger partial charge in [-0.05, 0) is 42.5 Å². The molecule has 0 radical (unpaired) electrons. The first-order valence-electron chi connectivity index (χ1n) is 11.0. The number of carbonyl (C=O) groups is 2. The number of nitrogens with two attached hydrogens (primary N) is 2. The highest BCUT2D eigenvalue weighted by Gasteiger charge is 2.33. The van der Waals surface area contributed by atoms with Gasteiger partial charge < -0.3 is 22.1 Å². The number of nitro groups is 1. The number of nitrogens with one attached hydrogen (secondary N) is 2. The molecule has 2 heterocycles. The summed E-state index contributed by atoms with van der Waals surface area (Å²) < 4.78 is 1.85. The van der Waals surface area contributed by atoms with Gasteiger partial charge in [-0.3, -0.25) is 28.7 Å². The molecule has 0 bridgehead atoms. The Morgan fingerprint density at radius 1 is 1.06 bits per heavy atom. The van der Waals surface area contributed by atoms with Crippen LogP contribution in [-0.2, 0) is 16.0 Å². The first-order valence-corrected chi connectivity index (χ1v) is 11.8. The van der Waals surface area contributed by atoms with E-state index in [0.29, 0.717) is 24.3 Å². The van der Waals surface area contributed by atoms with Crippen molar-refractivity contribution in [3.63, 3.8) is 0 Å². The minimum atomic E-state index is -0.730. The number of hydrogen-bond donors (Lipinski definition) is 4. The van der Waals surface area contributed by atoms with Gasteiger partial charge in [-0.2, -0.15) is 0 Å². The third kappa shape index (κ3) is 6.07. The molecule has 1 saturated heterocycles. The highest BCUT2D eigenvalue weighted by atomic mass is 35.5. The first-order chi connectivity index (χ1) is 16.8. The fraction of sp³-hybridized carbons (Fsp3) is 0.261. The van der Waals surface area contributed by atoms with Gasteiger partial charge in [0.25, 0.3) is 5.69 Å². The number of para-hydroxylation sites is 2. The summed E-state index contributed by atoms with van der Waals surface area (Å²) in [5.74, 6) is -0.529. The number of guanidine groups is 1. The van der Waals surface area contributed by atoms with Gasteiger partial charge in [-0.25, -0.2) is 0 Å². The lowest BCUT2D eigenvalue weighted by Gasteiger charge is -2.29. The van der Waals surface area contributed by atoms with Crippen molar-refractivity contribution < 1.29 is 14.5 Å². The molecule has 1 aliphatic rings. The van der Waals surface area contributed by atoms with E-state index >= 15 is 0 Å². The van der Waals surface area contributed by atoms with E-state index in [1.807, 2.05) is 34.4 Å². The van der Waals surface area contributed by atoms with E-state index in [1.165, 1.54) is 18.0 Å². The number of aromatic nitrogens is 1. The van der Waals surface area contributed by atoms with E-state index in [1.54, 1.807) is 18.2 Å². The molecule has 36 heavy (non-hydrogen) atoms. The van der Waals surface area contributed by atoms with Crippen LogP contribution in [0.2, 0.25) is 0 Å². The summed E-state index contributed by atoms with van der Waals surface area (Å²) in [5.41, 5.74) is 12.3. The highest BCUT2D eigenvalue weighted by molar-refractivity contribution is 7.98. The lowest BCUT2D eigenvalue weighted by Crippen LogP contribution is -2.62. The number of amides is 2. The summed E-state index contributed by atoms with van der Waals surface area (Å²) in [6.07, 6.45) is 3.11. The maximum atomic E-state index is 12.8. The molecular weight excluding hydrogens is 506 g/mol. The Balaban J connectivity index is 0.00000361. The molecule has 4 rings (SSSR count). The predicted octanol–water partition coefficient (Wildman–Crippen LogP) is 2.11. The fourth-order valence-corrected chi connectivity index (χ4v) is 5.02. The highest BCUT2D eigenvalue weighted by Crippen LogP contribution is 2.34. The van der Waals surface area contributed by atoms with E-state index in [2.05, 4.69) is 15.6 Å². The molecule has 1 aliphatic heterocycles. The Morgan fingerprint density at radius 2 is 1.72 bits per heavy atom. The number of piperazine rings is 1. The van der Waals surface area contributed by atoms with Crippen LogP contribution in [0.3, 0.4) is 0 Å². The lowest BCUT2D eigenvalue weighted by molar-refractivity contribution is -0.387. The van der Waals surface area contributed by atoms with Gasteiger partial charge in [0, 0.05) is 30.6 Å². The van der Waals surface area contributed by atoms with E-state index in [9.17, 15) is 19.7 Å². The average molecular weight is 532 g/mol. The average Bonchev–Trinajstić information content (AvgIpc) is 3.17. The number of rotatable bonds is 9. The van der Waals surface area contributed by atoms with E-state index in [-0.39, 0.29) is 42.3 Å². The molecule has 0 saturated carbocycles. The zero-order valence-corrected chi connectivity index (χ0v) is 20.8. The minimum Gasteiger partial charge on any atom is -0.370 e. The van der Waals surface area contributed by atoms with Crippen LogP contribution >= 0.6 is 24.4 Å². The van der Waals surface area contributed by atoms with Crippen molar-refractivity contribution in [2.75, 3.05) is 6.54 Å². The third-order valence-corrected chi connectivity index (χ3v) is 6.70. The van der Waals surface area contributed by atoms with Gasteiger partial charge >= 0.3 is 0 Å². The van der Waals surface area contributed by atoms with Crippen molar-refractivity contribution in [1.29, 1.82) is 0 Å². The van der Waals surface area contributed by atoms with Crippen LogP contribution < -0.4 is 22.1 Å². The molecule has 3 aromatic rings. The Bertz CT molecular complexity index is 1310. The second-order valence-corrected chi connectivity index (χ2v) is 9.10. The van der Waals surface area contributed by atoms with Crippen molar-refractivity contribution in [2.45, 2.75) is 36.2 Å². The van der Waals surface area contributed by atoms with E-state index in [0.717, 1.165) is 16.5 Å². The molecule has 11 nitrogen and oxygen atoms in total. The molecule has 13 heteroatoms. The Hall–Kier alpha value is -3.77. The van der Waals surface area contributed by atoms with Crippen molar-refractivity contribution in [3.8, 4) is 0 Å². The molecular formula is C23H26ClN7O4S. The molecule has 0 aliphatic carbocycles. The topological polar surface area (TPSA) is 171 Å². The van der Waals surface area contributed by atoms with Gasteiger partial charge in [0.1, 0.15) is 17.0 Å². The van der Waals surface area contributed by atoms with Crippen LogP contribution in [0.15, 0.2) is 64.6 Å². The molecule has 190 valence electrons. The van der Waals surface area contributed by atoms with Gasteiger partial charge in [-0.15, -0.1) is 12.4 Å². The molecule has 1 fully saturated rings. The number of nitro benzene ring substituents is 1. The third-order valence-electron chi connectivity index (χ3n) is 5.65. The van der Waals surface area contributed by atoms with Crippen molar-refractivity contribution in [3.05, 3.63) is 70.4 Å². The zero-order chi connectivity index (χ0) is 24.9. The molecule has 2 atom stereocenters. The van der Waals surface area contributed by atoms with Gasteiger partial charge in [-0.1, -0.05) is 30.3 Å². The molecule has 1 aromatic heterocycles. The second-order valence-electron chi connectivity index (χ2n) is 8.09. The number of halogens is 1. The van der Waals surface area contributed by atoms with Crippen LogP contribution in [-0.4, -0.2) is 45.3 Å². The number of fused-ring (bicyclic) bond motifs is 1. The minimum absolute atomic E-state index is 0. The largest absolute Gasteiger partial charge is 0.370 e. The quantitative estimate of drug-likeness (QED) is 0.108. The van der Waals surface area contributed by atoms with E-state index in [4.69, 9.17) is 11.5 Å². The van der Waals surface area contributed by atoms with Gasteiger partial charge in [0.2, 0.25) is 11.8 Å². The first kappa shape index (κ1) is 26.8. The Morgan fingerprint density at radius 3 is 2.47 bits per heavy atom. The summed E-state index contributed by atoms with van der Waals surface area (Å²) in [7, 11) is 0. The Kier molecular flexibility index (Phi) is 8.78. The maximum Gasteiger partial charge on any atom is 0.284 e. The fourth-order valence-electron chi connectivity index (χ4n) is 3.99. The molecule has 2 amide bonds. The number of nitrogens with zero attached hydrogens (tertiary/aromatic N) is 3. The summed E-state index contributed by atoms with van der Waals surface area (Å²) in [6, 6.07) is 12.8. The van der Waals surface area contributed by atoms with Crippen LogP contribution in [0.1, 0.15) is 18.4 Å². The van der Waals surface area contributed by atoms with Crippen LogP contribution in [0.25, 0.3) is 10.9 Å². The summed E-state index contributed by atoms with van der Waals surface area (Å²) in [6.45, 7) is 0.377. The molecule has 0 spiro atoms. The zero-order valence-electron chi connectivity index (χ0n) is 19.1. The maximum absolute atomic E-state index is 12.8. The number of benzene rings is 2. The monoisotopic (exact) mass is 531 g/mol. The van der Waals surface area contributed by atoms with Gasteiger partial charge in [0.15, 0.2) is 5.96 Å². The van der Waals surface area contributed by atoms with Gasteiger partial charge in [0.05, 0.1) is 10.4 Å². The van der Waals surface area contributed by atoms with Crippen LogP contribution in [0.5, 0.6) is 0 Å². The predicted molar refractivity (Wildman–Crippen MR) is 141 cm³/mol. The normalized spacial score (nSPS) is 17.1. The van der Waals surface area contributed by atoms with Crippen LogP contribution in [0, 0.1) is 10.1 Å². The SMILES string of the molecule is Cl.NC(N)=NCCC[C@H]1NC(=O)[C@@H](Cc2cn(Sc3ccccc3[N+](=O)[O-])c3ccccc23)NC1=O. The standard InChI is InChI=1S/C23H25N7O4S.ClH/c24-23(25)26-11-5-7-16-21(31)28-17(22(32)27-16)12-14-13-29(18-8-2-1-6-15(14)18)35-20-10-4-3-9-19(20)30(33)34;/h1-4,6,8-10,13,16-17H,5,7,11-12H2,(H,27,32)(H,28,31)(H4,24,25,26);1H/t16-,17-;/m1./s1. The van der Waals surface area contributed by atoms with Crippen molar-refractivity contribution >= 4 is 58.7 Å². The van der Waals surface area contributed by atoms with E-state index < -0.39 is 17.0 Å². The lowest BCUT2D eigenvalue weighted by atomic mass is 10.00. The molecule has 6 N–H and O–H groups in total. The number of carbonyl (C=O) groups excluding carboxylic acids is 2. The summed E-state index contributed by atoms with van der Waals surface area (Å²) >= 11 is 1.23. The Labute approximate surface area is 217 Å². The van der Waals surface area contributed by atoms with Crippen molar-refractivity contribution in [1.82, 2.24) is 14.6 Å².